The molecule has 2 aromatic rings. The molecule has 0 unspecified atom stereocenters. The zero-order valence-electron chi connectivity index (χ0n) is 14.2. The van der Waals surface area contributed by atoms with Gasteiger partial charge in [-0.1, -0.05) is 12.8 Å². The van der Waals surface area contributed by atoms with Gasteiger partial charge >= 0.3 is 0 Å². The number of aromatic nitrogens is 1. The third kappa shape index (κ3) is 4.66. The van der Waals surface area contributed by atoms with Crippen LogP contribution in [0.4, 0.5) is 10.8 Å². The number of amides is 3. The smallest absolute Gasteiger partial charge is 0.248 e. The molecule has 4 N–H and O–H groups in total. The number of nitrogens with two attached hydrogens (primary N) is 1. The predicted molar refractivity (Wildman–Crippen MR) is 100.0 cm³/mol. The maximum absolute atomic E-state index is 12.1. The molecule has 0 atom stereocenters. The summed E-state index contributed by atoms with van der Waals surface area (Å²) in [6, 6.07) is 6.34. The Morgan fingerprint density at radius 3 is 2.46 bits per heavy atom. The van der Waals surface area contributed by atoms with Crippen molar-refractivity contribution < 1.29 is 14.4 Å². The van der Waals surface area contributed by atoms with Gasteiger partial charge in [0, 0.05) is 22.5 Å². The van der Waals surface area contributed by atoms with E-state index in [9.17, 15) is 14.4 Å². The number of anilines is 2. The first-order valence-corrected chi connectivity index (χ1v) is 9.34. The number of rotatable bonds is 6. The normalized spacial score (nSPS) is 14.2. The van der Waals surface area contributed by atoms with Gasteiger partial charge in [0.05, 0.1) is 12.1 Å². The quantitative estimate of drug-likeness (QED) is 0.723. The van der Waals surface area contributed by atoms with Crippen molar-refractivity contribution in [3.8, 4) is 0 Å². The summed E-state index contributed by atoms with van der Waals surface area (Å²) in [5.41, 5.74) is 6.73. The Morgan fingerprint density at radius 1 is 1.12 bits per heavy atom. The molecular formula is C18H20N4O3S. The van der Waals surface area contributed by atoms with Crippen LogP contribution in [0.2, 0.25) is 0 Å². The van der Waals surface area contributed by atoms with Crippen LogP contribution in [0.25, 0.3) is 0 Å². The lowest BCUT2D eigenvalue weighted by molar-refractivity contribution is -0.119. The van der Waals surface area contributed by atoms with E-state index >= 15 is 0 Å². The van der Waals surface area contributed by atoms with Crippen molar-refractivity contribution in [1.82, 2.24) is 4.98 Å². The third-order valence-electron chi connectivity index (χ3n) is 4.30. The summed E-state index contributed by atoms with van der Waals surface area (Å²) >= 11 is 1.32. The topological polar surface area (TPSA) is 114 Å². The summed E-state index contributed by atoms with van der Waals surface area (Å²) in [6.07, 6.45) is 4.17. The minimum absolute atomic E-state index is 0.0161. The Kier molecular flexibility index (Phi) is 5.62. The van der Waals surface area contributed by atoms with Crippen LogP contribution in [0.3, 0.4) is 0 Å². The summed E-state index contributed by atoms with van der Waals surface area (Å²) in [7, 11) is 0. The van der Waals surface area contributed by atoms with Crippen molar-refractivity contribution in [3.05, 3.63) is 40.9 Å². The molecule has 0 saturated heterocycles. The van der Waals surface area contributed by atoms with Gasteiger partial charge in [-0.2, -0.15) is 0 Å². The van der Waals surface area contributed by atoms with Crippen LogP contribution in [0.15, 0.2) is 29.6 Å². The fourth-order valence-electron chi connectivity index (χ4n) is 2.93. The number of hydrogen-bond donors (Lipinski definition) is 3. The van der Waals surface area contributed by atoms with Crippen molar-refractivity contribution in [3.63, 3.8) is 0 Å². The summed E-state index contributed by atoms with van der Waals surface area (Å²) in [6.45, 7) is 0. The van der Waals surface area contributed by atoms with Gasteiger partial charge in [-0.3, -0.25) is 14.4 Å². The molecule has 0 bridgehead atoms. The van der Waals surface area contributed by atoms with Gasteiger partial charge in [0.1, 0.15) is 0 Å². The molecule has 7 nitrogen and oxygen atoms in total. The number of carbonyl (C=O) groups is 3. The fourth-order valence-corrected chi connectivity index (χ4v) is 3.64. The summed E-state index contributed by atoms with van der Waals surface area (Å²) in [5, 5.41) is 7.86. The second kappa shape index (κ2) is 8.09. The van der Waals surface area contributed by atoms with Crippen LogP contribution in [-0.4, -0.2) is 22.7 Å². The van der Waals surface area contributed by atoms with E-state index in [0.29, 0.717) is 22.1 Å². The highest BCUT2D eigenvalue weighted by molar-refractivity contribution is 7.13. The highest BCUT2D eigenvalue weighted by Gasteiger charge is 2.23. The molecule has 1 heterocycles. The van der Waals surface area contributed by atoms with Gasteiger partial charge in [-0.15, -0.1) is 11.3 Å². The monoisotopic (exact) mass is 372 g/mol. The number of nitrogens with one attached hydrogen (secondary N) is 2. The molecule has 26 heavy (non-hydrogen) atoms. The molecule has 1 aliphatic carbocycles. The minimum atomic E-state index is -0.516. The Balaban J connectivity index is 1.52. The van der Waals surface area contributed by atoms with Crippen LogP contribution >= 0.6 is 11.3 Å². The van der Waals surface area contributed by atoms with E-state index in [2.05, 4.69) is 15.6 Å². The second-order valence-electron chi connectivity index (χ2n) is 6.28. The summed E-state index contributed by atoms with van der Waals surface area (Å²) in [4.78, 5) is 39.6. The number of benzene rings is 1. The molecule has 1 aromatic carbocycles. The standard InChI is InChI=1S/C18H20N4O3S/c19-16(24)11-5-7-13(8-6-11)20-15(23)9-14-10-26-18(21-14)22-17(25)12-3-1-2-4-12/h5-8,10,12H,1-4,9H2,(H2,19,24)(H,20,23)(H,21,22,25). The second-order valence-corrected chi connectivity index (χ2v) is 7.14. The predicted octanol–water partition coefficient (Wildman–Crippen LogP) is 2.55. The molecule has 1 saturated carbocycles. The maximum Gasteiger partial charge on any atom is 0.248 e. The van der Waals surface area contributed by atoms with Crippen LogP contribution in [0.1, 0.15) is 41.7 Å². The van der Waals surface area contributed by atoms with E-state index in [1.165, 1.54) is 11.3 Å². The molecule has 0 radical (unpaired) electrons. The average molecular weight is 372 g/mol. The molecule has 136 valence electrons. The Morgan fingerprint density at radius 2 is 1.81 bits per heavy atom. The number of nitrogens with zero attached hydrogens (tertiary/aromatic N) is 1. The maximum atomic E-state index is 12.1. The van der Waals surface area contributed by atoms with Gasteiger partial charge in [-0.25, -0.2) is 4.98 Å². The first kappa shape index (κ1) is 18.1. The minimum Gasteiger partial charge on any atom is -0.366 e. The van der Waals surface area contributed by atoms with E-state index in [1.54, 1.807) is 29.6 Å². The molecule has 1 aliphatic rings. The SMILES string of the molecule is NC(=O)c1ccc(NC(=O)Cc2csc(NC(=O)C3CCCC3)n2)cc1. The molecule has 3 rings (SSSR count). The molecule has 8 heteroatoms. The van der Waals surface area contributed by atoms with E-state index in [-0.39, 0.29) is 24.2 Å². The van der Waals surface area contributed by atoms with Crippen molar-refractivity contribution in [2.24, 2.45) is 11.7 Å². The Bertz CT molecular complexity index is 810. The molecular weight excluding hydrogens is 352 g/mol. The van der Waals surface area contributed by atoms with Gasteiger partial charge < -0.3 is 16.4 Å². The van der Waals surface area contributed by atoms with E-state index < -0.39 is 5.91 Å². The van der Waals surface area contributed by atoms with E-state index in [1.807, 2.05) is 0 Å². The van der Waals surface area contributed by atoms with Crippen molar-refractivity contribution in [2.45, 2.75) is 32.1 Å². The van der Waals surface area contributed by atoms with E-state index in [4.69, 9.17) is 5.73 Å². The van der Waals surface area contributed by atoms with E-state index in [0.717, 1.165) is 25.7 Å². The molecule has 3 amide bonds. The fraction of sp³-hybridized carbons (Fsp3) is 0.333. The van der Waals surface area contributed by atoms with Crippen LogP contribution < -0.4 is 16.4 Å². The number of carbonyl (C=O) groups excluding carboxylic acids is 3. The number of thiazole rings is 1. The Labute approximate surface area is 155 Å². The lowest BCUT2D eigenvalue weighted by Gasteiger charge is -2.07. The third-order valence-corrected chi connectivity index (χ3v) is 5.11. The van der Waals surface area contributed by atoms with Gasteiger partial charge in [0.25, 0.3) is 0 Å². The van der Waals surface area contributed by atoms with Gasteiger partial charge in [0.2, 0.25) is 17.7 Å². The first-order chi connectivity index (χ1) is 12.5. The first-order valence-electron chi connectivity index (χ1n) is 8.46. The number of hydrogen-bond acceptors (Lipinski definition) is 5. The molecule has 0 spiro atoms. The molecule has 0 aliphatic heterocycles. The highest BCUT2D eigenvalue weighted by atomic mass is 32.1. The van der Waals surface area contributed by atoms with Crippen molar-refractivity contribution in [2.75, 3.05) is 10.6 Å². The van der Waals surface area contributed by atoms with Gasteiger partial charge in [0.15, 0.2) is 5.13 Å². The summed E-state index contributed by atoms with van der Waals surface area (Å²) < 4.78 is 0. The molecule has 1 aromatic heterocycles. The largest absolute Gasteiger partial charge is 0.366 e. The van der Waals surface area contributed by atoms with Crippen molar-refractivity contribution in [1.29, 1.82) is 0 Å². The van der Waals surface area contributed by atoms with Crippen LogP contribution in [-0.2, 0) is 16.0 Å². The zero-order chi connectivity index (χ0) is 18.5. The average Bonchev–Trinajstić information content (AvgIpc) is 3.27. The number of primary amides is 1. The van der Waals surface area contributed by atoms with Crippen LogP contribution in [0.5, 0.6) is 0 Å². The highest BCUT2D eigenvalue weighted by Crippen LogP contribution is 2.26. The Hall–Kier alpha value is -2.74. The van der Waals surface area contributed by atoms with Crippen LogP contribution in [0, 0.1) is 5.92 Å². The lowest BCUT2D eigenvalue weighted by Crippen LogP contribution is -2.20. The zero-order valence-corrected chi connectivity index (χ0v) is 15.0. The lowest BCUT2D eigenvalue weighted by atomic mass is 10.1. The molecule has 1 fully saturated rings. The summed E-state index contributed by atoms with van der Waals surface area (Å²) in [5.74, 6) is -0.648. The van der Waals surface area contributed by atoms with Gasteiger partial charge in [-0.05, 0) is 37.1 Å². The van der Waals surface area contributed by atoms with Crippen molar-refractivity contribution >= 4 is 39.9 Å².